The highest BCUT2D eigenvalue weighted by molar-refractivity contribution is 5.85. The molecule has 0 spiro atoms. The summed E-state index contributed by atoms with van der Waals surface area (Å²) >= 11 is 0. The Morgan fingerprint density at radius 3 is 2.75 bits per heavy atom. The van der Waals surface area contributed by atoms with Gasteiger partial charge in [-0.2, -0.15) is 5.26 Å². The molecule has 1 amide bonds. The van der Waals surface area contributed by atoms with Crippen molar-refractivity contribution in [2.75, 3.05) is 31.6 Å². The van der Waals surface area contributed by atoms with E-state index in [9.17, 15) is 9.59 Å². The molecule has 1 aromatic carbocycles. The molecule has 5 nitrogen and oxygen atoms in total. The Morgan fingerprint density at radius 1 is 1.40 bits per heavy atom. The van der Waals surface area contributed by atoms with Crippen molar-refractivity contribution < 1.29 is 9.59 Å². The van der Waals surface area contributed by atoms with E-state index in [-0.39, 0.29) is 18.2 Å². The number of hydrogen-bond acceptors (Lipinski definition) is 4. The zero-order chi connectivity index (χ0) is 14.5. The van der Waals surface area contributed by atoms with Crippen molar-refractivity contribution in [2.45, 2.75) is 12.8 Å². The molecule has 1 aliphatic heterocycles. The summed E-state index contributed by atoms with van der Waals surface area (Å²) in [6, 6.07) is 9.24. The van der Waals surface area contributed by atoms with Gasteiger partial charge < -0.3 is 9.80 Å². The zero-order valence-electron chi connectivity index (χ0n) is 11.5. The van der Waals surface area contributed by atoms with E-state index >= 15 is 0 Å². The van der Waals surface area contributed by atoms with Crippen LogP contribution in [-0.4, -0.2) is 43.3 Å². The molecule has 0 aromatic heterocycles. The lowest BCUT2D eigenvalue weighted by Crippen LogP contribution is -2.43. The van der Waals surface area contributed by atoms with E-state index in [1.54, 1.807) is 23.1 Å². The number of likely N-dealkylation sites (tertiary alicyclic amines) is 1. The van der Waals surface area contributed by atoms with Crippen LogP contribution in [-0.2, 0) is 9.59 Å². The number of anilines is 1. The maximum Gasteiger partial charge on any atom is 0.242 e. The quantitative estimate of drug-likeness (QED) is 0.828. The van der Waals surface area contributed by atoms with Gasteiger partial charge >= 0.3 is 0 Å². The number of carbonyl (C=O) groups is 2. The number of ketones is 1. The highest BCUT2D eigenvalue weighted by atomic mass is 16.2. The number of nitriles is 1. The van der Waals surface area contributed by atoms with Gasteiger partial charge in [0.05, 0.1) is 18.2 Å². The average molecular weight is 271 g/mol. The van der Waals surface area contributed by atoms with Crippen molar-refractivity contribution in [3.05, 3.63) is 29.8 Å². The van der Waals surface area contributed by atoms with Crippen LogP contribution in [0.1, 0.15) is 18.4 Å². The lowest BCUT2D eigenvalue weighted by molar-refractivity contribution is -0.133. The van der Waals surface area contributed by atoms with Gasteiger partial charge in [-0.25, -0.2) is 0 Å². The number of nitrogens with zero attached hydrogens (tertiary/aromatic N) is 3. The molecule has 1 aromatic rings. The Labute approximate surface area is 118 Å². The minimum absolute atomic E-state index is 0.0161. The summed E-state index contributed by atoms with van der Waals surface area (Å²) in [5, 5.41) is 8.88. The molecule has 5 heteroatoms. The van der Waals surface area contributed by atoms with E-state index in [0.717, 1.165) is 5.69 Å². The van der Waals surface area contributed by atoms with E-state index in [1.807, 2.05) is 18.0 Å². The first-order valence-corrected chi connectivity index (χ1v) is 6.61. The fraction of sp³-hybridized carbons (Fsp3) is 0.400. The lowest BCUT2D eigenvalue weighted by atomic mass is 10.1. The molecule has 20 heavy (non-hydrogen) atoms. The topological polar surface area (TPSA) is 64.4 Å². The van der Waals surface area contributed by atoms with Crippen LogP contribution in [0.2, 0.25) is 0 Å². The van der Waals surface area contributed by atoms with Crippen LogP contribution in [0.15, 0.2) is 24.3 Å². The number of likely N-dealkylation sites (N-methyl/N-ethyl adjacent to an activating group) is 1. The summed E-state index contributed by atoms with van der Waals surface area (Å²) in [7, 11) is 1.82. The maximum atomic E-state index is 12.2. The lowest BCUT2D eigenvalue weighted by Gasteiger charge is -2.28. The molecule has 0 radical (unpaired) electrons. The van der Waals surface area contributed by atoms with Crippen LogP contribution in [0.5, 0.6) is 0 Å². The number of Topliss-reactive ketones (excluding diaryl/α,β-unsaturated/α-hetero) is 1. The number of amides is 1. The Morgan fingerprint density at radius 2 is 2.10 bits per heavy atom. The second kappa shape index (κ2) is 6.20. The Hall–Kier alpha value is -2.35. The van der Waals surface area contributed by atoms with Gasteiger partial charge in [0.15, 0.2) is 0 Å². The fourth-order valence-corrected chi connectivity index (χ4v) is 2.21. The summed E-state index contributed by atoms with van der Waals surface area (Å²) in [5.41, 5.74) is 1.41. The molecule has 1 fully saturated rings. The second-order valence-corrected chi connectivity index (χ2v) is 4.94. The average Bonchev–Trinajstić information content (AvgIpc) is 2.47. The number of carbonyl (C=O) groups excluding carboxylic acids is 2. The van der Waals surface area contributed by atoms with Gasteiger partial charge in [-0.05, 0) is 18.2 Å². The van der Waals surface area contributed by atoms with E-state index < -0.39 is 0 Å². The minimum atomic E-state index is 0.0161. The Balaban J connectivity index is 1.96. The van der Waals surface area contributed by atoms with Gasteiger partial charge in [-0.1, -0.05) is 6.07 Å². The van der Waals surface area contributed by atoms with Crippen molar-refractivity contribution >= 4 is 17.4 Å². The van der Waals surface area contributed by atoms with Crippen molar-refractivity contribution in [1.29, 1.82) is 5.26 Å². The molecule has 104 valence electrons. The molecular formula is C15H17N3O2. The van der Waals surface area contributed by atoms with Crippen LogP contribution < -0.4 is 4.90 Å². The molecule has 0 atom stereocenters. The van der Waals surface area contributed by atoms with Crippen LogP contribution in [0.3, 0.4) is 0 Å². The number of hydrogen-bond donors (Lipinski definition) is 0. The Bertz CT molecular complexity index is 552. The summed E-state index contributed by atoms with van der Waals surface area (Å²) < 4.78 is 0. The predicted molar refractivity (Wildman–Crippen MR) is 75.2 cm³/mol. The summed E-state index contributed by atoms with van der Waals surface area (Å²) in [6.07, 6.45) is 0.915. The third-order valence-electron chi connectivity index (χ3n) is 3.46. The Kier molecular flexibility index (Phi) is 4.36. The third kappa shape index (κ3) is 3.35. The van der Waals surface area contributed by atoms with Gasteiger partial charge in [0.1, 0.15) is 5.78 Å². The minimum Gasteiger partial charge on any atom is -0.365 e. The van der Waals surface area contributed by atoms with Gasteiger partial charge in [-0.15, -0.1) is 0 Å². The van der Waals surface area contributed by atoms with Gasteiger partial charge in [0.2, 0.25) is 5.91 Å². The smallest absolute Gasteiger partial charge is 0.242 e. The van der Waals surface area contributed by atoms with E-state index in [4.69, 9.17) is 5.26 Å². The summed E-state index contributed by atoms with van der Waals surface area (Å²) in [6.45, 7) is 1.29. The standard InChI is InChI=1S/C15H17N3O2/c1-17(13-4-2-3-12(9-13)10-16)11-15(20)18-7-5-14(19)6-8-18/h2-4,9H,5-8,11H2,1H3. The van der Waals surface area contributed by atoms with Gasteiger partial charge in [0.25, 0.3) is 0 Å². The van der Waals surface area contributed by atoms with Gasteiger partial charge in [0, 0.05) is 38.7 Å². The van der Waals surface area contributed by atoms with Crippen molar-refractivity contribution in [3.8, 4) is 6.07 Å². The molecule has 0 aliphatic carbocycles. The van der Waals surface area contributed by atoms with Gasteiger partial charge in [-0.3, -0.25) is 9.59 Å². The van der Waals surface area contributed by atoms with Crippen LogP contribution in [0.4, 0.5) is 5.69 Å². The SMILES string of the molecule is CN(CC(=O)N1CCC(=O)CC1)c1cccc(C#N)c1. The number of piperidine rings is 1. The predicted octanol–water partition coefficient (Wildman–Crippen LogP) is 1.19. The third-order valence-corrected chi connectivity index (χ3v) is 3.46. The highest BCUT2D eigenvalue weighted by Crippen LogP contribution is 2.15. The van der Waals surface area contributed by atoms with Crippen molar-refractivity contribution in [1.82, 2.24) is 4.90 Å². The summed E-state index contributed by atoms with van der Waals surface area (Å²) in [4.78, 5) is 26.9. The van der Waals surface area contributed by atoms with E-state index in [2.05, 4.69) is 6.07 Å². The first-order chi connectivity index (χ1) is 9.60. The molecule has 0 unspecified atom stereocenters. The van der Waals surface area contributed by atoms with Crippen molar-refractivity contribution in [2.24, 2.45) is 0 Å². The molecule has 1 heterocycles. The largest absolute Gasteiger partial charge is 0.365 e. The normalized spacial score (nSPS) is 14.8. The fourth-order valence-electron chi connectivity index (χ4n) is 2.21. The molecule has 0 bridgehead atoms. The first kappa shape index (κ1) is 14.1. The van der Waals surface area contributed by atoms with E-state index in [0.29, 0.717) is 31.5 Å². The second-order valence-electron chi connectivity index (χ2n) is 4.94. The monoisotopic (exact) mass is 271 g/mol. The number of benzene rings is 1. The van der Waals surface area contributed by atoms with Crippen molar-refractivity contribution in [3.63, 3.8) is 0 Å². The van der Waals surface area contributed by atoms with E-state index in [1.165, 1.54) is 0 Å². The molecule has 0 saturated carbocycles. The van der Waals surface area contributed by atoms with Crippen LogP contribution >= 0.6 is 0 Å². The summed E-state index contributed by atoms with van der Waals surface area (Å²) in [5.74, 6) is 0.242. The highest BCUT2D eigenvalue weighted by Gasteiger charge is 2.21. The molecule has 2 rings (SSSR count). The molecular weight excluding hydrogens is 254 g/mol. The van der Waals surface area contributed by atoms with Crippen LogP contribution in [0.25, 0.3) is 0 Å². The molecule has 0 N–H and O–H groups in total. The maximum absolute atomic E-state index is 12.2. The zero-order valence-corrected chi connectivity index (χ0v) is 11.5. The number of rotatable bonds is 3. The molecule has 1 saturated heterocycles. The first-order valence-electron chi connectivity index (χ1n) is 6.61. The molecule has 1 aliphatic rings. The van der Waals surface area contributed by atoms with Crippen LogP contribution in [0, 0.1) is 11.3 Å².